The smallest absolute Gasteiger partial charge is 0.0941 e. The number of benzene rings is 5. The van der Waals surface area contributed by atoms with E-state index in [2.05, 4.69) is 286 Å². The summed E-state index contributed by atoms with van der Waals surface area (Å²) in [6, 6.07) is 46.2. The number of likely N-dealkylation sites (tertiary alicyclic amines) is 1. The molecule has 0 amide bonds. The van der Waals surface area contributed by atoms with Crippen LogP contribution in [-0.2, 0) is 9.60 Å². The van der Waals surface area contributed by atoms with Crippen molar-refractivity contribution in [2.24, 2.45) is 23.7 Å². The molecule has 1 fully saturated rings. The van der Waals surface area contributed by atoms with Gasteiger partial charge in [-0.15, -0.1) is 0 Å². The van der Waals surface area contributed by atoms with Gasteiger partial charge in [0.15, 0.2) is 0 Å². The Morgan fingerprint density at radius 1 is 0.682 bits per heavy atom. The average Bonchev–Trinajstić information content (AvgIpc) is 1.63. The zero-order valence-corrected chi connectivity index (χ0v) is 49.9. The monoisotopic (exact) mass is 1120 g/mol. The fourth-order valence-electron chi connectivity index (χ4n) is 15.5. The second-order valence-electron chi connectivity index (χ2n) is 24.7. The molecule has 10 unspecified atom stereocenters. The quantitative estimate of drug-likeness (QED) is 0.0722. The van der Waals surface area contributed by atoms with Gasteiger partial charge in [0.1, 0.15) is 0 Å². The minimum absolute atomic E-state index is 0.0255. The van der Waals surface area contributed by atoms with Gasteiger partial charge in [0.25, 0.3) is 0 Å². The lowest BCUT2D eigenvalue weighted by atomic mass is 9.61. The molecule has 0 bridgehead atoms. The van der Waals surface area contributed by atoms with Crippen molar-refractivity contribution in [2.45, 2.75) is 87.8 Å². The molecule has 1 aliphatic heterocycles. The van der Waals surface area contributed by atoms with E-state index in [1.807, 2.05) is 12.2 Å². The van der Waals surface area contributed by atoms with Gasteiger partial charge < -0.3 is 14.0 Å². The molecule has 8 aliphatic carbocycles. The van der Waals surface area contributed by atoms with Gasteiger partial charge in [-0.05, 0) is 161 Å². The van der Waals surface area contributed by atoms with Crippen molar-refractivity contribution in [3.63, 3.8) is 0 Å². The predicted molar refractivity (Wildman–Crippen MR) is 362 cm³/mol. The van der Waals surface area contributed by atoms with E-state index in [9.17, 15) is 0 Å². The first-order valence-corrected chi connectivity index (χ1v) is 32.0. The molecule has 1 saturated heterocycles. The van der Waals surface area contributed by atoms with Crippen LogP contribution in [0.1, 0.15) is 109 Å². The Morgan fingerprint density at radius 2 is 1.42 bits per heavy atom. The highest BCUT2D eigenvalue weighted by Gasteiger charge is 2.54. The maximum absolute atomic E-state index is 6.73. The van der Waals surface area contributed by atoms with Crippen LogP contribution in [0, 0.1) is 23.7 Å². The summed E-state index contributed by atoms with van der Waals surface area (Å²) in [5.41, 5.74) is 22.0. The number of hydrogen-bond acceptors (Lipinski definition) is 4. The second-order valence-corrected chi connectivity index (χ2v) is 25.5. The van der Waals surface area contributed by atoms with E-state index in [0.717, 1.165) is 61.1 Å². The van der Waals surface area contributed by atoms with Gasteiger partial charge in [-0.3, -0.25) is 0 Å². The summed E-state index contributed by atoms with van der Waals surface area (Å²) < 4.78 is 6.73. The van der Waals surface area contributed by atoms with Crippen LogP contribution >= 0.6 is 12.0 Å². The molecule has 0 N–H and O–H groups in total. The van der Waals surface area contributed by atoms with E-state index in [1.165, 1.54) is 72.8 Å². The number of rotatable bonds is 16. The summed E-state index contributed by atoms with van der Waals surface area (Å²) in [5.74, 6) is 2.90. The van der Waals surface area contributed by atoms with E-state index < -0.39 is 0 Å². The van der Waals surface area contributed by atoms with Gasteiger partial charge in [-0.1, -0.05) is 256 Å². The highest BCUT2D eigenvalue weighted by molar-refractivity contribution is 7.94. The molecule has 0 spiro atoms. The topological polar surface area (TPSA) is 15.7 Å². The fourth-order valence-corrected chi connectivity index (χ4v) is 16.3. The van der Waals surface area contributed by atoms with Crippen LogP contribution in [0.15, 0.2) is 285 Å². The van der Waals surface area contributed by atoms with Gasteiger partial charge in [0.2, 0.25) is 0 Å². The van der Waals surface area contributed by atoms with Crippen LogP contribution in [0.4, 0.5) is 11.4 Å². The summed E-state index contributed by atoms with van der Waals surface area (Å²) in [5, 5.41) is 0. The molecule has 3 nitrogen and oxygen atoms in total. The Kier molecular flexibility index (Phi) is 15.3. The Balaban J connectivity index is 0.796. The molecule has 0 aromatic heterocycles. The number of nitrogens with zero attached hydrogens (tertiary/aromatic N) is 2. The van der Waals surface area contributed by atoms with Crippen molar-refractivity contribution in [2.75, 3.05) is 10.7 Å². The lowest BCUT2D eigenvalue weighted by Crippen LogP contribution is -2.38. The Hall–Kier alpha value is -8.15. The summed E-state index contributed by atoms with van der Waals surface area (Å²) in [4.78, 5) is 5.28. The number of anilines is 2. The third-order valence-corrected chi connectivity index (χ3v) is 20.6. The maximum Gasteiger partial charge on any atom is 0.0941 e. The van der Waals surface area contributed by atoms with Crippen molar-refractivity contribution < 1.29 is 4.18 Å². The van der Waals surface area contributed by atoms with E-state index in [0.29, 0.717) is 35.8 Å². The van der Waals surface area contributed by atoms with Crippen molar-refractivity contribution >= 4 is 52.3 Å². The highest BCUT2D eigenvalue weighted by Crippen LogP contribution is 2.62. The van der Waals surface area contributed by atoms with Crippen LogP contribution < -0.4 is 4.90 Å². The van der Waals surface area contributed by atoms with Gasteiger partial charge in [-0.25, -0.2) is 0 Å². The first-order chi connectivity index (χ1) is 41.8. The van der Waals surface area contributed by atoms with E-state index in [4.69, 9.17) is 4.18 Å². The molecular weight excluding hydrogens is 1050 g/mol. The summed E-state index contributed by atoms with van der Waals surface area (Å²) in [7, 11) is 0. The third kappa shape index (κ3) is 10.5. The molecule has 9 aliphatic rings. The van der Waals surface area contributed by atoms with Gasteiger partial charge in [0.05, 0.1) is 18.2 Å². The minimum atomic E-state index is -0.238. The van der Waals surface area contributed by atoms with E-state index in [-0.39, 0.29) is 23.4 Å². The largest absolute Gasteiger partial charge is 0.361 e. The van der Waals surface area contributed by atoms with Gasteiger partial charge in [0, 0.05) is 63.5 Å². The molecule has 14 rings (SSSR count). The normalized spacial score (nSPS) is 27.5. The van der Waals surface area contributed by atoms with Gasteiger partial charge in [-0.2, -0.15) is 0 Å². The Bertz CT molecular complexity index is 3860. The Morgan fingerprint density at radius 3 is 2.16 bits per heavy atom. The molecule has 0 saturated carbocycles. The second kappa shape index (κ2) is 23.7. The Labute approximate surface area is 509 Å². The first-order valence-electron chi connectivity index (χ1n) is 31.1. The van der Waals surface area contributed by atoms with Crippen LogP contribution in [0.5, 0.6) is 0 Å². The molecule has 5 aromatic carbocycles. The van der Waals surface area contributed by atoms with Crippen LogP contribution in [0.2, 0.25) is 0 Å². The standard InChI is InChI=1S/C81H76N2OS/c1-5-57-23-27-60(28-24-57)62-35-44-71(45-36-62)84-85-50-49-81(77-51-55(3)21-22-56(77)4)76-20-14-13-19-72(76)73-46-43-70(54-78(73)81)82(68-39-31-61(32-40-68)59-15-9-7-10-16-59)69-41-33-64(34-42-69)66-38-48-80-75(53-66)74-52-65(63-29-25-58(6-2)26-30-63)37-47-79(74)83(80)67-17-11-8-12-18-67/h5-17,19-21,23-31,33-44,46-48,51,53-54,56,61,67,71-72,74-76,80H,1-2,18,22,32,45,49-50,52H2,3-4H3. The van der Waals surface area contributed by atoms with Crippen molar-refractivity contribution in [1.29, 1.82) is 0 Å². The molecular formula is C81H76N2OS. The zero-order chi connectivity index (χ0) is 57.4. The molecule has 5 aromatic rings. The first kappa shape index (κ1) is 54.8. The summed E-state index contributed by atoms with van der Waals surface area (Å²) >= 11 is 1.66. The molecule has 0 radical (unpaired) electrons. The number of allylic oxidation sites excluding steroid dienone is 21. The third-order valence-electron chi connectivity index (χ3n) is 19.8. The molecule has 4 heteroatoms. The zero-order valence-electron chi connectivity index (χ0n) is 49.1. The fraction of sp³-hybridized carbons (Fsp3) is 0.235. The van der Waals surface area contributed by atoms with Crippen molar-refractivity contribution in [3.8, 4) is 0 Å². The molecule has 1 heterocycles. The number of fused-ring (bicyclic) bond motifs is 6. The molecule has 422 valence electrons. The average molecular weight is 1130 g/mol. The van der Waals surface area contributed by atoms with Crippen molar-refractivity contribution in [3.05, 3.63) is 329 Å². The summed E-state index contributed by atoms with van der Waals surface area (Å²) in [6.45, 7) is 12.7. The maximum atomic E-state index is 6.73. The van der Waals surface area contributed by atoms with E-state index >= 15 is 0 Å². The lowest BCUT2D eigenvalue weighted by molar-refractivity contribution is 0.267. The highest BCUT2D eigenvalue weighted by atomic mass is 32.2. The molecule has 10 atom stereocenters. The van der Waals surface area contributed by atoms with Crippen LogP contribution in [0.3, 0.4) is 0 Å². The van der Waals surface area contributed by atoms with Gasteiger partial charge >= 0.3 is 0 Å². The predicted octanol–water partition coefficient (Wildman–Crippen LogP) is 20.3. The molecule has 85 heavy (non-hydrogen) atoms. The van der Waals surface area contributed by atoms with Crippen LogP contribution in [-0.4, -0.2) is 28.8 Å². The lowest BCUT2D eigenvalue weighted by Gasteiger charge is -2.43. The van der Waals surface area contributed by atoms with Crippen LogP contribution in [0.25, 0.3) is 28.9 Å². The van der Waals surface area contributed by atoms with Crippen molar-refractivity contribution in [1.82, 2.24) is 4.90 Å². The summed E-state index contributed by atoms with van der Waals surface area (Å²) in [6.07, 6.45) is 59.9. The SMILES string of the molecule is C=Cc1ccc(C2=CCC(OSCCC3(C4=CC(C)=CCC4C)c4cc(N(C5=CCC(c6ccccc6)C=C5)c5ccc(C6=CC7C8CC(c9ccc(C=C)cc9)=CC=C8N(C8C=CC=CC8)C7C=C6)cc5)ccc4C4C=CC=CC43)C=C2)cc1. The number of hydrogen-bond donors (Lipinski definition) is 0. The minimum Gasteiger partial charge on any atom is -0.361 e. The van der Waals surface area contributed by atoms with E-state index in [1.54, 1.807) is 17.6 Å².